The molecule has 2 N–H and O–H groups in total. The first-order valence-corrected chi connectivity index (χ1v) is 11.5. The van der Waals surface area contributed by atoms with Crippen LogP contribution in [-0.2, 0) is 23.8 Å². The minimum absolute atomic E-state index is 0.00597. The van der Waals surface area contributed by atoms with E-state index in [0.717, 1.165) is 12.8 Å². The van der Waals surface area contributed by atoms with Crippen molar-refractivity contribution in [2.24, 2.45) is 0 Å². The predicted octanol–water partition coefficient (Wildman–Crippen LogP) is 3.79. The zero-order chi connectivity index (χ0) is 24.0. The normalized spacial score (nSPS) is 22.2. The van der Waals surface area contributed by atoms with Crippen molar-refractivity contribution in [1.29, 1.82) is 0 Å². The van der Waals surface area contributed by atoms with Crippen LogP contribution < -0.4 is 5.73 Å². The number of rotatable bonds is 10. The number of carbonyl (C=O) groups excluding carboxylic acids is 2. The molecule has 0 unspecified atom stereocenters. The molecular weight excluding hydrogens is 448 g/mol. The number of hydrogen-bond donors (Lipinski definition) is 1. The summed E-state index contributed by atoms with van der Waals surface area (Å²) in [5.41, 5.74) is 4.98. The number of halogens is 1. The highest BCUT2D eigenvalue weighted by Crippen LogP contribution is 2.41. The molecule has 3 atom stereocenters. The van der Waals surface area contributed by atoms with E-state index in [1.807, 2.05) is 13.8 Å². The lowest BCUT2D eigenvalue weighted by Crippen LogP contribution is -2.45. The Labute approximate surface area is 197 Å². The van der Waals surface area contributed by atoms with Gasteiger partial charge in [-0.05, 0) is 30.5 Å². The first-order chi connectivity index (χ1) is 15.8. The van der Waals surface area contributed by atoms with Crippen LogP contribution in [0.3, 0.4) is 0 Å². The highest BCUT2D eigenvalue weighted by atomic mass is 35.5. The van der Waals surface area contributed by atoms with Gasteiger partial charge in [0.1, 0.15) is 30.4 Å². The SMILES string of the molecule is C#C[C@]1(COC(=O)CCCC)O[C@@H](n2ccc3c(N)nc(Cl)nc32)C[C@@H]1OC(=O)CCCC. The van der Waals surface area contributed by atoms with Crippen LogP contribution in [0.15, 0.2) is 12.3 Å². The largest absolute Gasteiger partial charge is 0.461 e. The highest BCUT2D eigenvalue weighted by molar-refractivity contribution is 6.28. The van der Waals surface area contributed by atoms with Crippen LogP contribution in [0.5, 0.6) is 0 Å². The Bertz CT molecular complexity index is 1050. The van der Waals surface area contributed by atoms with Crippen LogP contribution in [0.2, 0.25) is 5.28 Å². The van der Waals surface area contributed by atoms with Gasteiger partial charge >= 0.3 is 11.9 Å². The zero-order valence-corrected chi connectivity index (χ0v) is 19.6. The fourth-order valence-electron chi connectivity index (χ4n) is 3.73. The molecule has 178 valence electrons. The number of anilines is 1. The van der Waals surface area contributed by atoms with Crippen molar-refractivity contribution in [2.75, 3.05) is 12.3 Å². The fraction of sp³-hybridized carbons (Fsp3) is 0.565. The maximum atomic E-state index is 12.4. The summed E-state index contributed by atoms with van der Waals surface area (Å²) in [6.45, 7) is 3.74. The molecule has 0 aliphatic carbocycles. The maximum Gasteiger partial charge on any atom is 0.306 e. The van der Waals surface area contributed by atoms with Gasteiger partial charge in [-0.1, -0.05) is 32.6 Å². The van der Waals surface area contributed by atoms with E-state index in [0.29, 0.717) is 23.9 Å². The van der Waals surface area contributed by atoms with E-state index in [4.69, 9.17) is 38.0 Å². The number of fused-ring (bicyclic) bond motifs is 1. The number of aromatic nitrogens is 3. The van der Waals surface area contributed by atoms with Gasteiger partial charge in [-0.3, -0.25) is 9.59 Å². The molecule has 3 heterocycles. The third kappa shape index (κ3) is 5.57. The topological polar surface area (TPSA) is 119 Å². The number of ether oxygens (including phenoxy) is 3. The van der Waals surface area contributed by atoms with Gasteiger partial charge in [0.25, 0.3) is 0 Å². The van der Waals surface area contributed by atoms with E-state index >= 15 is 0 Å². The molecule has 3 rings (SSSR count). The van der Waals surface area contributed by atoms with Gasteiger partial charge in [-0.15, -0.1) is 6.42 Å². The summed E-state index contributed by atoms with van der Waals surface area (Å²) in [7, 11) is 0. The minimum atomic E-state index is -1.44. The average molecular weight is 477 g/mol. The number of terminal acetylenes is 1. The molecule has 0 aromatic carbocycles. The van der Waals surface area contributed by atoms with E-state index in [9.17, 15) is 9.59 Å². The Kier molecular flexibility index (Phi) is 8.16. The van der Waals surface area contributed by atoms with Crippen molar-refractivity contribution in [3.05, 3.63) is 17.5 Å². The molecule has 9 nitrogen and oxygen atoms in total. The van der Waals surface area contributed by atoms with Crippen molar-refractivity contribution >= 4 is 40.4 Å². The number of nitrogen functional groups attached to an aromatic ring is 1. The van der Waals surface area contributed by atoms with Gasteiger partial charge in [-0.2, -0.15) is 4.98 Å². The second-order valence-corrected chi connectivity index (χ2v) is 8.36. The van der Waals surface area contributed by atoms with Crippen molar-refractivity contribution in [2.45, 2.75) is 76.7 Å². The van der Waals surface area contributed by atoms with Crippen molar-refractivity contribution in [1.82, 2.24) is 14.5 Å². The quantitative estimate of drug-likeness (QED) is 0.312. The number of esters is 2. The van der Waals surface area contributed by atoms with Crippen molar-refractivity contribution in [3.63, 3.8) is 0 Å². The Morgan fingerprint density at radius 2 is 2.00 bits per heavy atom. The summed E-state index contributed by atoms with van der Waals surface area (Å²) < 4.78 is 19.1. The fourth-order valence-corrected chi connectivity index (χ4v) is 3.90. The summed E-state index contributed by atoms with van der Waals surface area (Å²) in [4.78, 5) is 32.8. The monoisotopic (exact) mass is 476 g/mol. The lowest BCUT2D eigenvalue weighted by Gasteiger charge is -2.28. The molecule has 0 radical (unpaired) electrons. The molecule has 0 amide bonds. The Balaban J connectivity index is 1.88. The molecule has 0 saturated carbocycles. The number of carbonyl (C=O) groups is 2. The molecular formula is C23H29ClN4O5. The minimum Gasteiger partial charge on any atom is -0.461 e. The number of hydrogen-bond acceptors (Lipinski definition) is 8. The lowest BCUT2D eigenvalue weighted by molar-refractivity contribution is -0.166. The van der Waals surface area contributed by atoms with Gasteiger partial charge in [0, 0.05) is 25.5 Å². The average Bonchev–Trinajstić information content (AvgIpc) is 3.36. The summed E-state index contributed by atoms with van der Waals surface area (Å²) in [5, 5.41) is 0.595. The van der Waals surface area contributed by atoms with Crippen LogP contribution >= 0.6 is 11.6 Å². The third-order valence-electron chi connectivity index (χ3n) is 5.60. The van der Waals surface area contributed by atoms with Crippen LogP contribution in [0.25, 0.3) is 11.0 Å². The van der Waals surface area contributed by atoms with Crippen LogP contribution in [0, 0.1) is 12.3 Å². The highest BCUT2D eigenvalue weighted by Gasteiger charge is 2.52. The van der Waals surface area contributed by atoms with Crippen molar-refractivity contribution < 1.29 is 23.8 Å². The lowest BCUT2D eigenvalue weighted by atomic mass is 9.98. The van der Waals surface area contributed by atoms with E-state index in [1.54, 1.807) is 16.8 Å². The molecule has 1 saturated heterocycles. The van der Waals surface area contributed by atoms with E-state index in [-0.39, 0.29) is 48.9 Å². The van der Waals surface area contributed by atoms with Gasteiger partial charge < -0.3 is 24.5 Å². The maximum absolute atomic E-state index is 12.4. The molecule has 1 aliphatic heterocycles. The van der Waals surface area contributed by atoms with Crippen LogP contribution in [0.1, 0.15) is 65.0 Å². The number of nitrogens with two attached hydrogens (primary N) is 1. The summed E-state index contributed by atoms with van der Waals surface area (Å²) >= 11 is 6.00. The molecule has 0 bridgehead atoms. The third-order valence-corrected chi connectivity index (χ3v) is 5.77. The first kappa shape index (κ1) is 24.8. The second-order valence-electron chi connectivity index (χ2n) is 8.03. The van der Waals surface area contributed by atoms with Gasteiger partial charge in [0.2, 0.25) is 10.9 Å². The summed E-state index contributed by atoms with van der Waals surface area (Å²) in [6.07, 6.45) is 10.0. The molecule has 2 aromatic rings. The zero-order valence-electron chi connectivity index (χ0n) is 18.9. The van der Waals surface area contributed by atoms with Gasteiger partial charge in [0.05, 0.1) is 5.39 Å². The molecule has 0 spiro atoms. The Morgan fingerprint density at radius 3 is 2.67 bits per heavy atom. The first-order valence-electron chi connectivity index (χ1n) is 11.1. The molecule has 10 heteroatoms. The Morgan fingerprint density at radius 1 is 1.30 bits per heavy atom. The standard InChI is InChI=1S/C23H29ClN4O5/c1-4-7-9-18(29)31-14-23(6-3)16(32-19(30)10-8-5-2)13-17(33-23)28-12-11-15-20(25)26-22(24)27-21(15)28/h3,11-12,16-17H,4-5,7-10,13-14H2,1-2H3,(H2,25,26,27)/t16-,17+,23+/m0/s1. The van der Waals surface area contributed by atoms with E-state index < -0.39 is 17.9 Å². The second kappa shape index (κ2) is 10.9. The molecule has 33 heavy (non-hydrogen) atoms. The van der Waals surface area contributed by atoms with Crippen LogP contribution in [0.4, 0.5) is 5.82 Å². The summed E-state index contributed by atoms with van der Waals surface area (Å²) in [6, 6.07) is 1.74. The molecule has 1 aliphatic rings. The number of nitrogens with zero attached hydrogens (tertiary/aromatic N) is 3. The van der Waals surface area contributed by atoms with Crippen LogP contribution in [-0.4, -0.2) is 44.8 Å². The predicted molar refractivity (Wildman–Crippen MR) is 123 cm³/mol. The van der Waals surface area contributed by atoms with E-state index in [1.165, 1.54) is 0 Å². The van der Waals surface area contributed by atoms with Crippen molar-refractivity contribution in [3.8, 4) is 12.3 Å². The summed E-state index contributed by atoms with van der Waals surface area (Å²) in [5.74, 6) is 2.06. The molecule has 2 aromatic heterocycles. The smallest absolute Gasteiger partial charge is 0.306 e. The molecule has 1 fully saturated rings. The number of unbranched alkanes of at least 4 members (excludes halogenated alkanes) is 2. The van der Waals surface area contributed by atoms with Gasteiger partial charge in [0.15, 0.2) is 0 Å². The Hall–Kier alpha value is -2.83. The van der Waals surface area contributed by atoms with E-state index in [2.05, 4.69) is 15.9 Å². The van der Waals surface area contributed by atoms with Gasteiger partial charge in [-0.25, -0.2) is 4.98 Å².